The summed E-state index contributed by atoms with van der Waals surface area (Å²) in [6.45, 7) is 6.14. The molecule has 102 valence electrons. The zero-order chi connectivity index (χ0) is 13.2. The molecule has 1 rings (SSSR count). The molecule has 0 radical (unpaired) electrons. The van der Waals surface area contributed by atoms with Crippen LogP contribution in [0.1, 0.15) is 37.3 Å². The van der Waals surface area contributed by atoms with Crippen molar-refractivity contribution in [3.05, 3.63) is 35.4 Å². The molecule has 0 heterocycles. The van der Waals surface area contributed by atoms with Crippen molar-refractivity contribution in [1.82, 2.24) is 0 Å². The number of aryl methyl sites for hydroxylation is 1. The Morgan fingerprint density at radius 3 is 2.67 bits per heavy atom. The maximum absolute atomic E-state index is 9.43. The molecular weight excluding hydrogens is 224 g/mol. The Morgan fingerprint density at radius 1 is 1.22 bits per heavy atom. The Bertz CT molecular complexity index is 323. The Kier molecular flexibility index (Phi) is 7.70. The fraction of sp³-hybridized carbons (Fsp3) is 0.625. The summed E-state index contributed by atoms with van der Waals surface area (Å²) in [5.41, 5.74) is 2.65. The van der Waals surface area contributed by atoms with Crippen LogP contribution < -0.4 is 0 Å². The molecule has 1 aromatic carbocycles. The van der Waals surface area contributed by atoms with Gasteiger partial charge in [-0.3, -0.25) is 0 Å². The highest BCUT2D eigenvalue weighted by Gasteiger charge is 2.09. The van der Waals surface area contributed by atoms with E-state index in [1.807, 2.05) is 0 Å². The lowest BCUT2D eigenvalue weighted by Crippen LogP contribution is -2.13. The van der Waals surface area contributed by atoms with Crippen LogP contribution >= 0.6 is 0 Å². The van der Waals surface area contributed by atoms with E-state index in [1.54, 1.807) is 0 Å². The zero-order valence-corrected chi connectivity index (χ0v) is 11.7. The van der Waals surface area contributed by atoms with Crippen LogP contribution in [0.25, 0.3) is 0 Å². The first kappa shape index (κ1) is 15.2. The van der Waals surface area contributed by atoms with E-state index in [1.165, 1.54) is 17.5 Å². The number of benzene rings is 1. The molecule has 0 aliphatic heterocycles. The van der Waals surface area contributed by atoms with Crippen molar-refractivity contribution in [1.29, 1.82) is 0 Å². The number of aliphatic hydroxyl groups is 1. The number of aliphatic hydroxyl groups excluding tert-OH is 1. The third-order valence-electron chi connectivity index (χ3n) is 3.34. The van der Waals surface area contributed by atoms with Crippen LogP contribution in [0.4, 0.5) is 0 Å². The topological polar surface area (TPSA) is 29.5 Å². The van der Waals surface area contributed by atoms with Crippen molar-refractivity contribution >= 4 is 0 Å². The van der Waals surface area contributed by atoms with Crippen molar-refractivity contribution in [2.24, 2.45) is 5.92 Å². The second-order valence-corrected chi connectivity index (χ2v) is 4.93. The van der Waals surface area contributed by atoms with Gasteiger partial charge in [0.05, 0.1) is 0 Å². The van der Waals surface area contributed by atoms with Crippen LogP contribution in [0.3, 0.4) is 0 Å². The number of rotatable bonds is 9. The molecule has 0 amide bonds. The van der Waals surface area contributed by atoms with Gasteiger partial charge in [-0.15, -0.1) is 0 Å². The van der Waals surface area contributed by atoms with E-state index in [9.17, 15) is 5.11 Å². The lowest BCUT2D eigenvalue weighted by atomic mass is 9.94. The molecule has 1 unspecified atom stereocenters. The van der Waals surface area contributed by atoms with Crippen LogP contribution in [0.2, 0.25) is 0 Å². The van der Waals surface area contributed by atoms with Crippen molar-refractivity contribution in [3.8, 4) is 0 Å². The Morgan fingerprint density at radius 2 is 2.00 bits per heavy atom. The van der Waals surface area contributed by atoms with Crippen molar-refractivity contribution in [2.75, 3.05) is 19.8 Å². The van der Waals surface area contributed by atoms with Gasteiger partial charge in [-0.1, -0.05) is 37.6 Å². The molecule has 2 heteroatoms. The highest BCUT2D eigenvalue weighted by Crippen LogP contribution is 2.15. The van der Waals surface area contributed by atoms with Gasteiger partial charge in [0.2, 0.25) is 0 Å². The Hall–Kier alpha value is -0.860. The third kappa shape index (κ3) is 5.65. The van der Waals surface area contributed by atoms with Crippen LogP contribution in [0.15, 0.2) is 24.3 Å². The molecule has 0 saturated heterocycles. The second-order valence-electron chi connectivity index (χ2n) is 4.93. The normalized spacial score (nSPS) is 12.6. The molecule has 0 aliphatic carbocycles. The molecular formula is C16H26O2. The van der Waals surface area contributed by atoms with Crippen LogP contribution in [-0.4, -0.2) is 24.9 Å². The zero-order valence-electron chi connectivity index (χ0n) is 11.7. The first-order chi connectivity index (χ1) is 8.77. The molecule has 0 bridgehead atoms. The van der Waals surface area contributed by atoms with Gasteiger partial charge in [-0.05, 0) is 43.2 Å². The molecule has 0 saturated carbocycles. The van der Waals surface area contributed by atoms with Gasteiger partial charge in [-0.25, -0.2) is 0 Å². The summed E-state index contributed by atoms with van der Waals surface area (Å²) in [5.74, 6) is 0.313. The summed E-state index contributed by atoms with van der Waals surface area (Å²) in [6.07, 6.45) is 4.18. The van der Waals surface area contributed by atoms with Gasteiger partial charge in [-0.2, -0.15) is 0 Å². The van der Waals surface area contributed by atoms with E-state index in [0.717, 1.165) is 32.5 Å². The van der Waals surface area contributed by atoms with Crippen LogP contribution in [-0.2, 0) is 11.2 Å². The number of hydrogen-bond acceptors (Lipinski definition) is 2. The quantitative estimate of drug-likeness (QED) is 0.681. The molecule has 1 N–H and O–H groups in total. The largest absolute Gasteiger partial charge is 0.396 e. The molecule has 18 heavy (non-hydrogen) atoms. The fourth-order valence-corrected chi connectivity index (χ4v) is 2.01. The minimum absolute atomic E-state index is 0.242. The molecule has 0 spiro atoms. The lowest BCUT2D eigenvalue weighted by molar-refractivity contribution is 0.104. The van der Waals surface area contributed by atoms with Crippen molar-refractivity contribution < 1.29 is 9.84 Å². The van der Waals surface area contributed by atoms with E-state index in [2.05, 4.69) is 38.1 Å². The third-order valence-corrected chi connectivity index (χ3v) is 3.34. The molecule has 0 fully saturated rings. The molecule has 1 atom stereocenters. The molecule has 0 aliphatic rings. The Labute approximate surface area is 111 Å². The van der Waals surface area contributed by atoms with Crippen molar-refractivity contribution in [2.45, 2.75) is 39.5 Å². The van der Waals surface area contributed by atoms with E-state index < -0.39 is 0 Å². The smallest absolute Gasteiger partial charge is 0.0469 e. The van der Waals surface area contributed by atoms with E-state index in [-0.39, 0.29) is 6.61 Å². The van der Waals surface area contributed by atoms with Gasteiger partial charge < -0.3 is 9.84 Å². The van der Waals surface area contributed by atoms with Crippen molar-refractivity contribution in [3.63, 3.8) is 0 Å². The summed E-state index contributed by atoms with van der Waals surface area (Å²) in [5, 5.41) is 9.43. The predicted molar refractivity (Wildman–Crippen MR) is 75.8 cm³/mol. The molecule has 1 aromatic rings. The molecule has 0 aromatic heterocycles. The summed E-state index contributed by atoms with van der Waals surface area (Å²) < 4.78 is 5.56. The van der Waals surface area contributed by atoms with Gasteiger partial charge in [0.15, 0.2) is 0 Å². The number of hydrogen-bond donors (Lipinski definition) is 1. The Balaban J connectivity index is 2.31. The van der Waals surface area contributed by atoms with E-state index >= 15 is 0 Å². The van der Waals surface area contributed by atoms with Gasteiger partial charge >= 0.3 is 0 Å². The minimum atomic E-state index is 0.242. The first-order valence-electron chi connectivity index (χ1n) is 7.01. The maximum Gasteiger partial charge on any atom is 0.0469 e. The lowest BCUT2D eigenvalue weighted by Gasteiger charge is -2.15. The molecule has 2 nitrogen and oxygen atoms in total. The second kappa shape index (κ2) is 9.12. The van der Waals surface area contributed by atoms with Gasteiger partial charge in [0.1, 0.15) is 0 Å². The standard InChI is InChI=1S/C16H26O2/c1-3-4-10-18-11-9-15(13-17)12-16-8-6-5-7-14(16)2/h5-8,15,17H,3-4,9-13H2,1-2H3. The monoisotopic (exact) mass is 250 g/mol. The van der Waals surface area contributed by atoms with Gasteiger partial charge in [0.25, 0.3) is 0 Å². The van der Waals surface area contributed by atoms with Gasteiger partial charge in [0, 0.05) is 19.8 Å². The summed E-state index contributed by atoms with van der Waals surface area (Å²) >= 11 is 0. The van der Waals surface area contributed by atoms with E-state index in [0.29, 0.717) is 5.92 Å². The fourth-order valence-electron chi connectivity index (χ4n) is 2.01. The summed E-state index contributed by atoms with van der Waals surface area (Å²) in [4.78, 5) is 0. The predicted octanol–water partition coefficient (Wildman–Crippen LogP) is 3.35. The highest BCUT2D eigenvalue weighted by molar-refractivity contribution is 5.25. The number of ether oxygens (including phenoxy) is 1. The average molecular weight is 250 g/mol. The maximum atomic E-state index is 9.43. The minimum Gasteiger partial charge on any atom is -0.396 e. The first-order valence-corrected chi connectivity index (χ1v) is 7.01. The SMILES string of the molecule is CCCCOCCC(CO)Cc1ccccc1C. The van der Waals surface area contributed by atoms with Crippen LogP contribution in [0, 0.1) is 12.8 Å². The highest BCUT2D eigenvalue weighted by atomic mass is 16.5. The summed E-state index contributed by atoms with van der Waals surface area (Å²) in [6, 6.07) is 8.40. The average Bonchev–Trinajstić information content (AvgIpc) is 2.39. The summed E-state index contributed by atoms with van der Waals surface area (Å²) in [7, 11) is 0. The van der Waals surface area contributed by atoms with E-state index in [4.69, 9.17) is 4.74 Å². The van der Waals surface area contributed by atoms with Crippen LogP contribution in [0.5, 0.6) is 0 Å². The number of unbranched alkanes of at least 4 members (excludes halogenated alkanes) is 1.